The van der Waals surface area contributed by atoms with E-state index in [1.807, 2.05) is 18.8 Å². The average Bonchev–Trinajstić information content (AvgIpc) is 3.09. The van der Waals surface area contributed by atoms with Crippen molar-refractivity contribution in [2.45, 2.75) is 30.9 Å². The van der Waals surface area contributed by atoms with Gasteiger partial charge in [-0.15, -0.1) is 0 Å². The SMILES string of the molecule is CCSC1(CNC(=NC)NCCc2c[nH]c3ccccc23)CCOCC1. The Bertz CT molecular complexity index is 716. The summed E-state index contributed by atoms with van der Waals surface area (Å²) in [5.41, 5.74) is 2.54. The van der Waals surface area contributed by atoms with Crippen molar-refractivity contribution in [3.63, 3.8) is 0 Å². The largest absolute Gasteiger partial charge is 0.381 e. The third-order valence-corrected chi connectivity index (χ3v) is 6.47. The van der Waals surface area contributed by atoms with Crippen molar-refractivity contribution < 1.29 is 4.74 Å². The lowest BCUT2D eigenvalue weighted by atomic mass is 9.99. The average molecular weight is 375 g/mol. The van der Waals surface area contributed by atoms with Gasteiger partial charge in [-0.1, -0.05) is 25.1 Å². The quantitative estimate of drug-likeness (QED) is 0.515. The second-order valence-electron chi connectivity index (χ2n) is 6.69. The maximum absolute atomic E-state index is 5.56. The fraction of sp³-hybridized carbons (Fsp3) is 0.550. The van der Waals surface area contributed by atoms with Crippen LogP contribution in [0.3, 0.4) is 0 Å². The second-order valence-corrected chi connectivity index (χ2v) is 8.42. The van der Waals surface area contributed by atoms with Gasteiger partial charge in [0.1, 0.15) is 0 Å². The molecular formula is C20H30N4OS. The van der Waals surface area contributed by atoms with Gasteiger partial charge in [0, 0.05) is 55.2 Å². The number of nitrogens with zero attached hydrogens (tertiary/aromatic N) is 1. The van der Waals surface area contributed by atoms with E-state index in [-0.39, 0.29) is 4.75 Å². The first-order valence-corrected chi connectivity index (χ1v) is 10.5. The number of aromatic nitrogens is 1. The van der Waals surface area contributed by atoms with Crippen LogP contribution in [0.5, 0.6) is 0 Å². The highest BCUT2D eigenvalue weighted by Gasteiger charge is 2.32. The first-order chi connectivity index (χ1) is 12.8. The first-order valence-electron chi connectivity index (χ1n) is 9.47. The third kappa shape index (κ3) is 4.74. The standard InChI is InChI=1S/C20H30N4OS/c1-3-26-20(9-12-25-13-10-20)15-24-19(21-2)22-11-8-16-14-23-18-7-5-4-6-17(16)18/h4-7,14,23H,3,8-13,15H2,1-2H3,(H2,21,22,24). The van der Waals surface area contributed by atoms with Crippen molar-refractivity contribution in [1.82, 2.24) is 15.6 Å². The van der Waals surface area contributed by atoms with Crippen molar-refractivity contribution >= 4 is 28.6 Å². The van der Waals surface area contributed by atoms with E-state index in [0.717, 1.165) is 57.3 Å². The molecule has 26 heavy (non-hydrogen) atoms. The number of aliphatic imine (C=N–C) groups is 1. The summed E-state index contributed by atoms with van der Waals surface area (Å²) in [4.78, 5) is 7.73. The van der Waals surface area contributed by atoms with Crippen molar-refractivity contribution in [3.8, 4) is 0 Å². The summed E-state index contributed by atoms with van der Waals surface area (Å²) in [5, 5.41) is 8.30. The van der Waals surface area contributed by atoms with Crippen LogP contribution in [0.1, 0.15) is 25.3 Å². The topological polar surface area (TPSA) is 61.4 Å². The smallest absolute Gasteiger partial charge is 0.191 e. The van der Waals surface area contributed by atoms with Gasteiger partial charge in [-0.2, -0.15) is 11.8 Å². The highest BCUT2D eigenvalue weighted by atomic mass is 32.2. The molecule has 0 saturated carbocycles. The van der Waals surface area contributed by atoms with Crippen molar-refractivity contribution in [2.75, 3.05) is 39.1 Å². The van der Waals surface area contributed by atoms with Gasteiger partial charge in [0.05, 0.1) is 0 Å². The van der Waals surface area contributed by atoms with Crippen LogP contribution in [0.25, 0.3) is 10.9 Å². The molecule has 0 spiro atoms. The summed E-state index contributed by atoms with van der Waals surface area (Å²) < 4.78 is 5.82. The summed E-state index contributed by atoms with van der Waals surface area (Å²) in [7, 11) is 1.84. The number of H-pyrrole nitrogens is 1. The number of benzene rings is 1. The van der Waals surface area contributed by atoms with Gasteiger partial charge in [0.2, 0.25) is 0 Å². The predicted octanol–water partition coefficient (Wildman–Crippen LogP) is 3.18. The van der Waals surface area contributed by atoms with E-state index in [1.54, 1.807) is 0 Å². The number of ether oxygens (including phenoxy) is 1. The molecule has 5 nitrogen and oxygen atoms in total. The van der Waals surface area contributed by atoms with E-state index in [9.17, 15) is 0 Å². The van der Waals surface area contributed by atoms with Crippen LogP contribution in [0.15, 0.2) is 35.5 Å². The van der Waals surface area contributed by atoms with Crippen LogP contribution < -0.4 is 10.6 Å². The van der Waals surface area contributed by atoms with Crippen LogP contribution >= 0.6 is 11.8 Å². The van der Waals surface area contributed by atoms with Gasteiger partial charge in [0.15, 0.2) is 5.96 Å². The Kier molecular flexibility index (Phi) is 6.86. The number of guanidine groups is 1. The zero-order valence-electron chi connectivity index (χ0n) is 15.8. The molecule has 1 aromatic heterocycles. The van der Waals surface area contributed by atoms with Crippen LogP contribution in [-0.2, 0) is 11.2 Å². The number of nitrogens with one attached hydrogen (secondary N) is 3. The summed E-state index contributed by atoms with van der Waals surface area (Å²) in [6.07, 6.45) is 5.28. The molecule has 2 aromatic rings. The minimum atomic E-state index is 0.265. The summed E-state index contributed by atoms with van der Waals surface area (Å²) in [5.74, 6) is 2.02. The Labute approximate surface area is 160 Å². The third-order valence-electron chi connectivity index (χ3n) is 5.02. The maximum atomic E-state index is 5.56. The zero-order valence-corrected chi connectivity index (χ0v) is 16.6. The van der Waals surface area contributed by atoms with Gasteiger partial charge in [0.25, 0.3) is 0 Å². The summed E-state index contributed by atoms with van der Waals surface area (Å²) >= 11 is 2.05. The Morgan fingerprint density at radius 2 is 2.08 bits per heavy atom. The highest BCUT2D eigenvalue weighted by Crippen LogP contribution is 2.34. The lowest BCUT2D eigenvalue weighted by Gasteiger charge is -2.37. The molecule has 1 aliphatic rings. The fourth-order valence-corrected chi connectivity index (χ4v) is 4.78. The van der Waals surface area contributed by atoms with E-state index < -0.39 is 0 Å². The van der Waals surface area contributed by atoms with E-state index in [4.69, 9.17) is 4.74 Å². The summed E-state index contributed by atoms with van der Waals surface area (Å²) in [6, 6.07) is 8.44. The van der Waals surface area contributed by atoms with E-state index in [1.165, 1.54) is 16.5 Å². The number of rotatable bonds is 7. The first kappa shape index (κ1) is 19.1. The Hall–Kier alpha value is -1.66. The van der Waals surface area contributed by atoms with Gasteiger partial charge in [-0.3, -0.25) is 4.99 Å². The molecule has 1 saturated heterocycles. The molecule has 1 fully saturated rings. The normalized spacial score (nSPS) is 17.4. The summed E-state index contributed by atoms with van der Waals surface area (Å²) in [6.45, 7) is 5.75. The number of thioether (sulfide) groups is 1. The number of fused-ring (bicyclic) bond motifs is 1. The molecule has 0 bridgehead atoms. The Morgan fingerprint density at radius 3 is 2.85 bits per heavy atom. The van der Waals surface area contributed by atoms with Crippen molar-refractivity contribution in [3.05, 3.63) is 36.0 Å². The molecular weight excluding hydrogens is 344 g/mol. The Balaban J connectivity index is 1.50. The van der Waals surface area contributed by atoms with Gasteiger partial charge in [-0.25, -0.2) is 0 Å². The van der Waals surface area contributed by atoms with Crippen LogP contribution in [0.4, 0.5) is 0 Å². The van der Waals surface area contributed by atoms with Crippen LogP contribution in [0, 0.1) is 0 Å². The molecule has 3 N–H and O–H groups in total. The van der Waals surface area contributed by atoms with Crippen molar-refractivity contribution in [2.24, 2.45) is 4.99 Å². The zero-order chi connectivity index (χ0) is 18.2. The molecule has 0 aliphatic carbocycles. The number of aromatic amines is 1. The minimum Gasteiger partial charge on any atom is -0.381 e. The van der Waals surface area contributed by atoms with E-state index >= 15 is 0 Å². The van der Waals surface area contributed by atoms with Gasteiger partial charge >= 0.3 is 0 Å². The minimum absolute atomic E-state index is 0.265. The molecule has 2 heterocycles. The molecule has 142 valence electrons. The molecule has 0 unspecified atom stereocenters. The monoisotopic (exact) mass is 374 g/mol. The fourth-order valence-electron chi connectivity index (χ4n) is 3.54. The number of hydrogen-bond acceptors (Lipinski definition) is 3. The number of hydrogen-bond donors (Lipinski definition) is 3. The molecule has 0 amide bonds. The van der Waals surface area contributed by atoms with E-state index in [0.29, 0.717) is 0 Å². The molecule has 0 radical (unpaired) electrons. The Morgan fingerprint density at radius 1 is 1.27 bits per heavy atom. The van der Waals surface area contributed by atoms with Crippen LogP contribution in [0.2, 0.25) is 0 Å². The number of para-hydroxylation sites is 1. The second kappa shape index (κ2) is 9.33. The lowest BCUT2D eigenvalue weighted by molar-refractivity contribution is 0.0782. The molecule has 3 rings (SSSR count). The molecule has 0 atom stereocenters. The highest BCUT2D eigenvalue weighted by molar-refractivity contribution is 8.00. The van der Waals surface area contributed by atoms with Gasteiger partial charge in [-0.05, 0) is 36.6 Å². The molecule has 6 heteroatoms. The molecule has 1 aromatic carbocycles. The van der Waals surface area contributed by atoms with E-state index in [2.05, 4.69) is 58.0 Å². The maximum Gasteiger partial charge on any atom is 0.191 e. The molecule has 1 aliphatic heterocycles. The van der Waals surface area contributed by atoms with Crippen LogP contribution in [-0.4, -0.2) is 54.8 Å². The van der Waals surface area contributed by atoms with Gasteiger partial charge < -0.3 is 20.4 Å². The lowest BCUT2D eigenvalue weighted by Crippen LogP contribution is -2.48. The predicted molar refractivity (Wildman–Crippen MR) is 112 cm³/mol. The van der Waals surface area contributed by atoms with Crippen molar-refractivity contribution in [1.29, 1.82) is 0 Å².